The van der Waals surface area contributed by atoms with Gasteiger partial charge in [-0.25, -0.2) is 0 Å². The maximum atomic E-state index is 13.2. The van der Waals surface area contributed by atoms with Crippen LogP contribution in [0, 0.1) is 11.8 Å². The predicted molar refractivity (Wildman–Crippen MR) is 78.5 cm³/mol. The first-order valence-electron chi connectivity index (χ1n) is 9.47. The summed E-state index contributed by atoms with van der Waals surface area (Å²) in [4.78, 5) is 0. The highest BCUT2D eigenvalue weighted by molar-refractivity contribution is 7.59. The quantitative estimate of drug-likeness (QED) is 0.751. The van der Waals surface area contributed by atoms with Crippen LogP contribution in [0.15, 0.2) is 0 Å². The van der Waals surface area contributed by atoms with Crippen LogP contribution in [0.25, 0.3) is 0 Å². The Labute approximate surface area is 126 Å². The second-order valence-electron chi connectivity index (χ2n) is 6.32. The zero-order valence-corrected chi connectivity index (χ0v) is 13.0. The molecule has 3 rings (SSSR count). The van der Waals surface area contributed by atoms with Gasteiger partial charge < -0.3 is 14.0 Å². The third kappa shape index (κ3) is 3.14. The fourth-order valence-electron chi connectivity index (χ4n) is 3.53. The van der Waals surface area contributed by atoms with E-state index in [4.69, 9.17) is 18.1 Å². The van der Waals surface area contributed by atoms with Crippen LogP contribution in [0.4, 0.5) is 0 Å². The summed E-state index contributed by atoms with van der Waals surface area (Å²) < 4.78 is 53.2. The van der Waals surface area contributed by atoms with Crippen LogP contribution in [0.5, 0.6) is 0 Å². The summed E-state index contributed by atoms with van der Waals surface area (Å²) in [5.41, 5.74) is 0. The van der Waals surface area contributed by atoms with E-state index in [9.17, 15) is 4.57 Å². The molecule has 0 bridgehead atoms. The van der Waals surface area contributed by atoms with Crippen LogP contribution in [0.1, 0.15) is 43.6 Å². The minimum Gasteiger partial charge on any atom is -0.378 e. The molecule has 0 radical (unpaired) electrons. The zero-order valence-electron chi connectivity index (χ0n) is 15.1. The molecule has 0 saturated carbocycles. The van der Waals surface area contributed by atoms with Crippen LogP contribution in [0.3, 0.4) is 0 Å². The van der Waals surface area contributed by atoms with E-state index in [1.54, 1.807) is 0 Å². The molecule has 0 aliphatic carbocycles. The fraction of sp³-hybridized carbons (Fsp3) is 1.00. The summed E-state index contributed by atoms with van der Waals surface area (Å²) >= 11 is 0. The van der Waals surface area contributed by atoms with Crippen molar-refractivity contribution in [1.82, 2.24) is 0 Å². The molecule has 3 aliphatic rings. The van der Waals surface area contributed by atoms with Crippen molar-refractivity contribution in [3.63, 3.8) is 0 Å². The maximum absolute atomic E-state index is 13.2. The van der Waals surface area contributed by atoms with Gasteiger partial charge in [0.2, 0.25) is 7.37 Å². The Kier molecular flexibility index (Phi) is 3.54. The van der Waals surface area contributed by atoms with Crippen LogP contribution in [-0.2, 0) is 18.6 Å². The van der Waals surface area contributed by atoms with E-state index in [1.807, 2.05) is 0 Å². The highest BCUT2D eigenvalue weighted by Gasteiger charge is 2.42. The largest absolute Gasteiger partial charge is 0.378 e. The lowest BCUT2D eigenvalue weighted by Crippen LogP contribution is -2.32. The maximum Gasteiger partial charge on any atom is 0.203 e. The van der Waals surface area contributed by atoms with Crippen LogP contribution in [0.2, 0.25) is 0 Å². The second kappa shape index (κ2) is 6.08. The van der Waals surface area contributed by atoms with Gasteiger partial charge in [0.1, 0.15) is 0 Å². The molecule has 8 atom stereocenters. The summed E-state index contributed by atoms with van der Waals surface area (Å²) in [5, 5.41) is 0. The van der Waals surface area contributed by atoms with Gasteiger partial charge in [-0.3, -0.25) is 4.57 Å². The summed E-state index contributed by atoms with van der Waals surface area (Å²) in [5.74, 6) is 0.506. The third-order valence-electron chi connectivity index (χ3n) is 4.67. The van der Waals surface area contributed by atoms with Crippen molar-refractivity contribution in [3.8, 4) is 0 Å². The van der Waals surface area contributed by atoms with Crippen molar-refractivity contribution in [2.45, 2.75) is 57.8 Å². The van der Waals surface area contributed by atoms with Gasteiger partial charge in [0.05, 0.1) is 21.1 Å². The molecule has 116 valence electrons. The molecule has 3 fully saturated rings. The van der Waals surface area contributed by atoms with Crippen LogP contribution >= 0.6 is 7.37 Å². The summed E-state index contributed by atoms with van der Waals surface area (Å²) in [6.45, 7) is 1.000. The van der Waals surface area contributed by atoms with E-state index >= 15 is 0 Å². The van der Waals surface area contributed by atoms with Crippen molar-refractivity contribution in [2.75, 3.05) is 25.5 Å². The molecule has 20 heavy (non-hydrogen) atoms. The molecule has 0 aromatic carbocycles. The molecule has 3 aliphatic heterocycles. The van der Waals surface area contributed by atoms with Gasteiger partial charge in [-0.15, -0.1) is 0 Å². The van der Waals surface area contributed by atoms with Crippen molar-refractivity contribution >= 4 is 7.37 Å². The average Bonchev–Trinajstić information content (AvgIpc) is 3.00. The first kappa shape index (κ1) is 11.6. The van der Waals surface area contributed by atoms with Gasteiger partial charge in [0.25, 0.3) is 0 Å². The van der Waals surface area contributed by atoms with Gasteiger partial charge in [-0.2, -0.15) is 0 Å². The molecular weight excluding hydrogens is 275 g/mol. The van der Waals surface area contributed by atoms with Gasteiger partial charge >= 0.3 is 0 Å². The Hall–Kier alpha value is 0.110. The lowest BCUT2D eigenvalue weighted by atomic mass is 9.90. The van der Waals surface area contributed by atoms with E-state index in [0.717, 1.165) is 19.3 Å². The van der Waals surface area contributed by atoms with Gasteiger partial charge in [-0.05, 0) is 44.4 Å². The lowest BCUT2D eigenvalue weighted by molar-refractivity contribution is 0.0420. The smallest absolute Gasteiger partial charge is 0.203 e. The highest BCUT2D eigenvalue weighted by Crippen LogP contribution is 2.56. The molecule has 3 heterocycles. The summed E-state index contributed by atoms with van der Waals surface area (Å²) in [6, 6.07) is 0. The molecule has 0 aromatic heterocycles. The minimum atomic E-state index is -2.78. The summed E-state index contributed by atoms with van der Waals surface area (Å²) in [7, 11) is -2.78. The Morgan fingerprint density at radius 1 is 1.35 bits per heavy atom. The van der Waals surface area contributed by atoms with E-state index in [0.29, 0.717) is 24.7 Å². The number of hydrogen-bond donors (Lipinski definition) is 0. The lowest BCUT2D eigenvalue weighted by Gasteiger charge is -2.35. The van der Waals surface area contributed by atoms with Crippen molar-refractivity contribution in [1.29, 1.82) is 0 Å². The predicted octanol–water partition coefficient (Wildman–Crippen LogP) is 3.29. The Balaban J connectivity index is 1.64. The second-order valence-corrected chi connectivity index (χ2v) is 8.98. The van der Waals surface area contributed by atoms with Gasteiger partial charge in [-0.1, -0.05) is 6.92 Å². The molecule has 0 N–H and O–H groups in total. The normalized spacial score (nSPS) is 59.0. The first-order valence-corrected chi connectivity index (χ1v) is 9.61. The monoisotopic (exact) mass is 307 g/mol. The summed E-state index contributed by atoms with van der Waals surface area (Å²) in [6.07, 6.45) is 3.18. The minimum absolute atomic E-state index is 0.00505. The average molecular weight is 307 g/mol. The molecular formula is C15H27O4P. The van der Waals surface area contributed by atoms with E-state index in [-0.39, 0.29) is 18.9 Å². The van der Waals surface area contributed by atoms with Crippen molar-refractivity contribution in [3.05, 3.63) is 0 Å². The van der Waals surface area contributed by atoms with Gasteiger partial charge in [0.15, 0.2) is 0 Å². The molecule has 4 nitrogen and oxygen atoms in total. The Morgan fingerprint density at radius 3 is 2.95 bits per heavy atom. The van der Waals surface area contributed by atoms with Crippen LogP contribution < -0.4 is 0 Å². The third-order valence-corrected chi connectivity index (χ3v) is 7.35. The SMILES string of the molecule is [2H]C[C@H]1O[C@@H]([3H])C[C@@H]1O[P@@]1(=O)CCC[C@H]([C@H]2O[C@@H]([3H])C[C@@H]2C)C1. The van der Waals surface area contributed by atoms with Crippen molar-refractivity contribution < 1.29 is 22.7 Å². The molecule has 3 saturated heterocycles. The zero-order chi connectivity index (χ0) is 16.6. The van der Waals surface area contributed by atoms with Crippen LogP contribution in [-0.4, -0.2) is 43.8 Å². The van der Waals surface area contributed by atoms with E-state index in [2.05, 4.69) is 6.92 Å². The fourth-order valence-corrected chi connectivity index (χ4v) is 6.39. The molecule has 0 spiro atoms. The van der Waals surface area contributed by atoms with E-state index < -0.39 is 32.7 Å². The van der Waals surface area contributed by atoms with Gasteiger partial charge in [0, 0.05) is 26.9 Å². The Morgan fingerprint density at radius 2 is 2.20 bits per heavy atom. The Bertz CT molecular complexity index is 466. The topological polar surface area (TPSA) is 44.8 Å². The molecule has 0 amide bonds. The number of rotatable bonds is 3. The molecule has 0 unspecified atom stereocenters. The number of hydrogen-bond acceptors (Lipinski definition) is 4. The van der Waals surface area contributed by atoms with E-state index in [1.165, 1.54) is 0 Å². The first-order chi connectivity index (χ1) is 10.9. The standard InChI is InChI=1S/C15H27O4P/c1-11-5-7-18-15(11)13-4-3-9-20(16,10-13)19-14-6-8-17-12(14)2/h11-15H,3-10H2,1-2H3/t11-,12+,13-,14-,15-,20-/m0/s1/i2D,7T,8T/t7-,8-,11-,12+,13-,14-,15-,20-. The highest BCUT2D eigenvalue weighted by atomic mass is 31.2. The molecule has 5 heteroatoms. The van der Waals surface area contributed by atoms with Crippen molar-refractivity contribution in [2.24, 2.45) is 11.8 Å². The number of ether oxygens (including phenoxy) is 2. The molecule has 0 aromatic rings.